The number of nitrogens with two attached hydrogens (primary N) is 1. The first-order chi connectivity index (χ1) is 20.6. The molecule has 0 spiro atoms. The summed E-state index contributed by atoms with van der Waals surface area (Å²) in [6.07, 6.45) is 2.46. The van der Waals surface area contributed by atoms with E-state index in [1.807, 2.05) is 45.0 Å². The van der Waals surface area contributed by atoms with Crippen LogP contribution in [0.15, 0.2) is 60.7 Å². The fraction of sp³-hybridized carbons (Fsp3) is 0.471. The zero-order valence-corrected chi connectivity index (χ0v) is 25.7. The maximum Gasteiger partial charge on any atom is 0.408 e. The second kappa shape index (κ2) is 11.7. The molecule has 4 N–H and O–H groups in total. The monoisotopic (exact) mass is 584 g/mol. The molecule has 3 heterocycles. The molecule has 1 saturated carbocycles. The summed E-state index contributed by atoms with van der Waals surface area (Å²) in [4.78, 5) is 22.5. The van der Waals surface area contributed by atoms with E-state index in [0.717, 1.165) is 74.6 Å². The summed E-state index contributed by atoms with van der Waals surface area (Å²) in [7, 11) is 0. The Kier molecular flexibility index (Phi) is 7.96. The van der Waals surface area contributed by atoms with Crippen molar-refractivity contribution < 1.29 is 14.3 Å². The number of nitrogens with one attached hydrogen (secondary N) is 2. The summed E-state index contributed by atoms with van der Waals surface area (Å²) < 4.78 is 10.9. The third kappa shape index (κ3) is 6.43. The minimum atomic E-state index is -0.537. The Morgan fingerprint density at radius 2 is 1.84 bits per heavy atom. The van der Waals surface area contributed by atoms with Crippen LogP contribution < -0.4 is 21.3 Å². The van der Waals surface area contributed by atoms with Crippen molar-refractivity contribution in [3.05, 3.63) is 66.2 Å². The third-order valence-electron chi connectivity index (χ3n) is 8.84. The Bertz CT molecular complexity index is 1450. The van der Waals surface area contributed by atoms with Crippen LogP contribution in [0.5, 0.6) is 0 Å². The number of alkyl carbamates (subject to hydrolysis) is 1. The van der Waals surface area contributed by atoms with Crippen molar-refractivity contribution in [3.63, 3.8) is 0 Å². The fourth-order valence-corrected chi connectivity index (χ4v) is 6.23. The highest BCUT2D eigenvalue weighted by molar-refractivity contribution is 5.75. The predicted molar refractivity (Wildman–Crippen MR) is 172 cm³/mol. The van der Waals surface area contributed by atoms with Crippen molar-refractivity contribution in [1.29, 1.82) is 0 Å². The molecule has 0 radical (unpaired) electrons. The van der Waals surface area contributed by atoms with Gasteiger partial charge in [-0.1, -0.05) is 24.3 Å². The highest BCUT2D eigenvalue weighted by atomic mass is 16.6. The van der Waals surface area contributed by atoms with E-state index in [0.29, 0.717) is 23.6 Å². The van der Waals surface area contributed by atoms with E-state index in [1.54, 1.807) is 0 Å². The van der Waals surface area contributed by atoms with Crippen LogP contribution in [0.1, 0.15) is 52.5 Å². The topological polar surface area (TPSA) is 105 Å². The summed E-state index contributed by atoms with van der Waals surface area (Å²) in [5.41, 5.74) is 11.1. The van der Waals surface area contributed by atoms with Crippen LogP contribution in [0.3, 0.4) is 0 Å². The minimum Gasteiger partial charge on any atom is -0.444 e. The van der Waals surface area contributed by atoms with Gasteiger partial charge in [0.15, 0.2) is 5.82 Å². The second-order valence-electron chi connectivity index (χ2n) is 13.2. The van der Waals surface area contributed by atoms with Gasteiger partial charge in [0.25, 0.3) is 0 Å². The molecule has 2 aliphatic heterocycles. The molecule has 1 amide bonds. The molecule has 0 bridgehead atoms. The maximum absolute atomic E-state index is 12.5. The van der Waals surface area contributed by atoms with Crippen LogP contribution in [0.4, 0.5) is 27.7 Å². The van der Waals surface area contributed by atoms with Crippen molar-refractivity contribution >= 4 is 29.0 Å². The molecule has 2 aromatic carbocycles. The average Bonchev–Trinajstić information content (AvgIpc) is 2.91. The highest BCUT2D eigenvalue weighted by Gasteiger charge is 2.41. The number of pyridine rings is 1. The summed E-state index contributed by atoms with van der Waals surface area (Å²) in [6.45, 7) is 12.7. The number of hydrogen-bond acceptors (Lipinski definition) is 8. The number of ether oxygens (including phenoxy) is 2. The number of carbonyl (C=O) groups is 1. The second-order valence-corrected chi connectivity index (χ2v) is 13.2. The number of piperazine rings is 1. The average molecular weight is 585 g/mol. The van der Waals surface area contributed by atoms with Crippen molar-refractivity contribution in [2.24, 2.45) is 0 Å². The Labute approximate surface area is 254 Å². The smallest absolute Gasteiger partial charge is 0.408 e. The lowest BCUT2D eigenvalue weighted by atomic mass is 9.72. The molecule has 1 atom stereocenters. The van der Waals surface area contributed by atoms with Crippen LogP contribution in [-0.4, -0.2) is 66.5 Å². The first-order valence-electron chi connectivity index (χ1n) is 15.4. The number of carbonyl (C=O) groups excluding carboxylic acids is 1. The molecule has 6 rings (SSSR count). The van der Waals surface area contributed by atoms with Gasteiger partial charge < -0.3 is 30.7 Å². The number of rotatable bonds is 7. The van der Waals surface area contributed by atoms with Gasteiger partial charge in [0.1, 0.15) is 5.60 Å². The number of nitrogens with zero attached hydrogens (tertiary/aromatic N) is 3. The number of hydrogen-bond donors (Lipinski definition) is 3. The van der Waals surface area contributed by atoms with Gasteiger partial charge in [0.05, 0.1) is 36.2 Å². The van der Waals surface area contributed by atoms with E-state index in [2.05, 4.69) is 63.8 Å². The molecule has 1 aliphatic carbocycles. The Balaban J connectivity index is 1.15. The van der Waals surface area contributed by atoms with Gasteiger partial charge in [-0.3, -0.25) is 4.90 Å². The minimum absolute atomic E-state index is 0.382. The lowest BCUT2D eigenvalue weighted by molar-refractivity contribution is -0.0691. The van der Waals surface area contributed by atoms with Gasteiger partial charge in [0.2, 0.25) is 0 Å². The van der Waals surface area contributed by atoms with Gasteiger partial charge in [-0.25, -0.2) is 9.78 Å². The summed E-state index contributed by atoms with van der Waals surface area (Å²) in [5.74, 6) is 0.616. The standard InChI is InChI=1S/C34H44N6O3/c1-23-20-39(28-21-42-22-28)17-18-40(23)27-8-5-7-24(19-27)30-14-13-29(35)31(37-30)36-26-11-9-25(10-12-26)34(15-6-16-34)38-32(41)43-33(2,3)4/h5,7-14,19,23,28H,6,15-18,20-22,35H2,1-4H3,(H,36,37)(H,38,41). The molecule has 228 valence electrons. The lowest BCUT2D eigenvalue weighted by Gasteiger charge is -2.46. The van der Waals surface area contributed by atoms with Crippen molar-refractivity contribution in [2.75, 3.05) is 48.8 Å². The SMILES string of the molecule is CC1CN(C2COC2)CCN1c1cccc(-c2ccc(N)c(Nc3ccc(C4(NC(=O)OC(C)(C)C)CCC4)cc3)n2)c1. The van der Waals surface area contributed by atoms with Crippen LogP contribution in [-0.2, 0) is 15.0 Å². The largest absolute Gasteiger partial charge is 0.444 e. The van der Waals surface area contributed by atoms with Crippen LogP contribution in [0.25, 0.3) is 11.3 Å². The van der Waals surface area contributed by atoms with E-state index >= 15 is 0 Å². The van der Waals surface area contributed by atoms with E-state index in [9.17, 15) is 4.79 Å². The van der Waals surface area contributed by atoms with E-state index < -0.39 is 11.1 Å². The predicted octanol–water partition coefficient (Wildman–Crippen LogP) is 5.89. The van der Waals surface area contributed by atoms with Gasteiger partial charge in [-0.05, 0) is 88.9 Å². The number of benzene rings is 2. The number of anilines is 4. The van der Waals surface area contributed by atoms with Crippen LogP contribution in [0, 0.1) is 0 Å². The molecule has 43 heavy (non-hydrogen) atoms. The highest BCUT2D eigenvalue weighted by Crippen LogP contribution is 2.42. The molecular weight excluding hydrogens is 540 g/mol. The number of amides is 1. The molecule has 9 heteroatoms. The van der Waals surface area contributed by atoms with Gasteiger partial charge in [0, 0.05) is 42.6 Å². The Morgan fingerprint density at radius 3 is 2.47 bits per heavy atom. The van der Waals surface area contributed by atoms with Crippen LogP contribution in [0.2, 0.25) is 0 Å². The molecule has 9 nitrogen and oxygen atoms in total. The third-order valence-corrected chi connectivity index (χ3v) is 8.84. The summed E-state index contributed by atoms with van der Waals surface area (Å²) in [6, 6.07) is 21.6. The Morgan fingerprint density at radius 1 is 1.07 bits per heavy atom. The molecule has 3 aliphatic rings. The van der Waals surface area contributed by atoms with E-state index in [1.165, 1.54) is 5.69 Å². The molecule has 1 aromatic heterocycles. The first-order valence-corrected chi connectivity index (χ1v) is 15.4. The quantitative estimate of drug-likeness (QED) is 0.316. The van der Waals surface area contributed by atoms with Crippen molar-refractivity contribution in [2.45, 2.75) is 70.2 Å². The van der Waals surface area contributed by atoms with Gasteiger partial charge >= 0.3 is 6.09 Å². The first kappa shape index (κ1) is 29.3. The van der Waals surface area contributed by atoms with Crippen LogP contribution >= 0.6 is 0 Å². The normalized spacial score (nSPS) is 20.6. The van der Waals surface area contributed by atoms with Crippen molar-refractivity contribution in [3.8, 4) is 11.3 Å². The summed E-state index contributed by atoms with van der Waals surface area (Å²) >= 11 is 0. The van der Waals surface area contributed by atoms with Gasteiger partial charge in [-0.15, -0.1) is 0 Å². The lowest BCUT2D eigenvalue weighted by Crippen LogP contribution is -2.59. The molecule has 1 unspecified atom stereocenters. The number of nitrogen functional groups attached to an aromatic ring is 1. The fourth-order valence-electron chi connectivity index (χ4n) is 6.23. The van der Waals surface area contributed by atoms with Gasteiger partial charge in [-0.2, -0.15) is 0 Å². The summed E-state index contributed by atoms with van der Waals surface area (Å²) in [5, 5.41) is 6.53. The zero-order valence-electron chi connectivity index (χ0n) is 25.7. The van der Waals surface area contributed by atoms with E-state index in [4.69, 9.17) is 20.2 Å². The molecular formula is C34H44N6O3. The molecule has 3 aromatic rings. The molecule has 3 fully saturated rings. The van der Waals surface area contributed by atoms with E-state index in [-0.39, 0.29) is 6.09 Å². The maximum atomic E-state index is 12.5. The molecule has 2 saturated heterocycles. The zero-order chi connectivity index (χ0) is 30.2. The van der Waals surface area contributed by atoms with Crippen molar-refractivity contribution in [1.82, 2.24) is 15.2 Å². The number of aromatic nitrogens is 1. The Hall–Kier alpha value is -3.82.